The van der Waals surface area contributed by atoms with Crippen LogP contribution in [0.25, 0.3) is 0 Å². The Kier molecular flexibility index (Phi) is 18.8. The van der Waals surface area contributed by atoms with Crippen LogP contribution < -0.4 is 21.3 Å². The smallest absolute Gasteiger partial charge is 0.443 e. The van der Waals surface area contributed by atoms with Crippen molar-refractivity contribution in [3.63, 3.8) is 0 Å². The second kappa shape index (κ2) is 22.0. The number of ether oxygens (including phenoxy) is 6. The second-order valence-corrected chi connectivity index (χ2v) is 18.8. The highest BCUT2D eigenvalue weighted by molar-refractivity contribution is 5.88. The first-order valence-electron chi connectivity index (χ1n) is 20.4. The maximum absolute atomic E-state index is 13.6. The standard InChI is InChI=1S/C44H72N6O10/c1-31(55-39(53)59-43(9,10)11)29-47(25-27-49(37(51)57-41(3,4)5)35-19-15-33(45)16-20-35)23-24-48(30-32(2)56-40(54)60-44(12,13)14)26-28-50(38(52)58-42(6,7)8)36-21-17-34(46)18-22-36/h15-22,31-32H,23-30,45-46H2,1-14H3. The molecule has 0 saturated carbocycles. The molecular weight excluding hydrogens is 773 g/mol. The van der Waals surface area contributed by atoms with Crippen LogP contribution in [0.4, 0.5) is 41.9 Å². The van der Waals surface area contributed by atoms with Gasteiger partial charge in [-0.15, -0.1) is 0 Å². The Morgan fingerprint density at radius 2 is 0.733 bits per heavy atom. The number of amides is 2. The number of hydrogen-bond donors (Lipinski definition) is 2. The van der Waals surface area contributed by atoms with E-state index in [0.717, 1.165) is 0 Å². The van der Waals surface area contributed by atoms with E-state index in [-0.39, 0.29) is 26.2 Å². The Balaban J connectivity index is 2.48. The van der Waals surface area contributed by atoms with Gasteiger partial charge in [-0.2, -0.15) is 0 Å². The first-order valence-corrected chi connectivity index (χ1v) is 20.4. The van der Waals surface area contributed by atoms with Gasteiger partial charge in [0, 0.05) is 75.1 Å². The molecule has 4 N–H and O–H groups in total. The number of carbonyl (C=O) groups excluding carboxylic acids is 4. The molecule has 0 saturated heterocycles. The summed E-state index contributed by atoms with van der Waals surface area (Å²) in [6.45, 7) is 27.3. The van der Waals surface area contributed by atoms with Gasteiger partial charge in [-0.25, -0.2) is 19.2 Å². The maximum Gasteiger partial charge on any atom is 0.509 e. The van der Waals surface area contributed by atoms with E-state index in [0.29, 0.717) is 48.9 Å². The molecular formula is C44H72N6O10. The van der Waals surface area contributed by atoms with Crippen LogP contribution in [0, 0.1) is 0 Å². The zero-order chi connectivity index (χ0) is 45.6. The van der Waals surface area contributed by atoms with Crippen molar-refractivity contribution >= 4 is 47.2 Å². The molecule has 338 valence electrons. The van der Waals surface area contributed by atoms with E-state index < -0.39 is 59.1 Å². The summed E-state index contributed by atoms with van der Waals surface area (Å²) in [5, 5.41) is 0. The summed E-state index contributed by atoms with van der Waals surface area (Å²) in [6, 6.07) is 13.9. The van der Waals surface area contributed by atoms with Crippen LogP contribution in [0.3, 0.4) is 0 Å². The van der Waals surface area contributed by atoms with Crippen LogP contribution in [0.1, 0.15) is 96.9 Å². The van der Waals surface area contributed by atoms with E-state index in [2.05, 4.69) is 9.80 Å². The number of carbonyl (C=O) groups is 4. The fourth-order valence-corrected chi connectivity index (χ4v) is 5.63. The minimum Gasteiger partial charge on any atom is -0.443 e. The molecule has 0 heterocycles. The highest BCUT2D eigenvalue weighted by Gasteiger charge is 2.28. The van der Waals surface area contributed by atoms with Crippen molar-refractivity contribution in [2.45, 2.75) is 132 Å². The van der Waals surface area contributed by atoms with E-state index >= 15 is 0 Å². The minimum absolute atomic E-state index is 0.208. The Hall–Kier alpha value is -4.96. The summed E-state index contributed by atoms with van der Waals surface area (Å²) < 4.78 is 33.7. The maximum atomic E-state index is 13.6. The fraction of sp³-hybridized carbons (Fsp3) is 0.636. The first kappa shape index (κ1) is 51.2. The summed E-state index contributed by atoms with van der Waals surface area (Å²) in [6.07, 6.45) is -3.89. The lowest BCUT2D eigenvalue weighted by Crippen LogP contribution is -2.48. The van der Waals surface area contributed by atoms with E-state index in [1.165, 1.54) is 9.80 Å². The normalized spacial score (nSPS) is 13.3. The van der Waals surface area contributed by atoms with Crippen molar-refractivity contribution in [2.24, 2.45) is 0 Å². The zero-order valence-electron chi connectivity index (χ0n) is 38.5. The molecule has 0 bridgehead atoms. The molecule has 0 aliphatic carbocycles. The van der Waals surface area contributed by atoms with Gasteiger partial charge in [0.15, 0.2) is 0 Å². The monoisotopic (exact) mass is 845 g/mol. The molecule has 0 aliphatic rings. The van der Waals surface area contributed by atoms with Crippen LogP contribution in [0.15, 0.2) is 48.5 Å². The molecule has 2 unspecified atom stereocenters. The summed E-state index contributed by atoms with van der Waals surface area (Å²) >= 11 is 0. The lowest BCUT2D eigenvalue weighted by molar-refractivity contribution is -0.0333. The van der Waals surface area contributed by atoms with Crippen molar-refractivity contribution in [3.05, 3.63) is 48.5 Å². The lowest BCUT2D eigenvalue weighted by Gasteiger charge is -2.34. The number of hydrogen-bond acceptors (Lipinski definition) is 14. The molecule has 16 nitrogen and oxygen atoms in total. The predicted octanol–water partition coefficient (Wildman–Crippen LogP) is 8.32. The van der Waals surface area contributed by atoms with Gasteiger partial charge in [0.2, 0.25) is 0 Å². The van der Waals surface area contributed by atoms with Crippen molar-refractivity contribution in [1.29, 1.82) is 0 Å². The van der Waals surface area contributed by atoms with Gasteiger partial charge in [0.1, 0.15) is 34.6 Å². The van der Waals surface area contributed by atoms with E-state index in [1.807, 2.05) is 0 Å². The third-order valence-corrected chi connectivity index (χ3v) is 8.05. The molecule has 60 heavy (non-hydrogen) atoms. The highest BCUT2D eigenvalue weighted by atomic mass is 16.7. The topological polar surface area (TPSA) is 189 Å². The second-order valence-electron chi connectivity index (χ2n) is 18.8. The van der Waals surface area contributed by atoms with Gasteiger partial charge in [0.25, 0.3) is 0 Å². The summed E-state index contributed by atoms with van der Waals surface area (Å²) in [4.78, 5) is 59.8. The van der Waals surface area contributed by atoms with E-state index in [9.17, 15) is 19.2 Å². The molecule has 0 aliphatic heterocycles. The van der Waals surface area contributed by atoms with Gasteiger partial charge in [-0.3, -0.25) is 19.6 Å². The van der Waals surface area contributed by atoms with Gasteiger partial charge < -0.3 is 39.9 Å². The van der Waals surface area contributed by atoms with Crippen LogP contribution in [-0.2, 0) is 28.4 Å². The van der Waals surface area contributed by atoms with Gasteiger partial charge in [-0.05, 0) is 145 Å². The molecule has 0 radical (unpaired) electrons. The molecule has 2 aromatic carbocycles. The first-order chi connectivity index (χ1) is 27.5. The van der Waals surface area contributed by atoms with Crippen molar-refractivity contribution in [3.8, 4) is 0 Å². The third kappa shape index (κ3) is 21.3. The van der Waals surface area contributed by atoms with Gasteiger partial charge in [-0.1, -0.05) is 0 Å². The highest BCUT2D eigenvalue weighted by Crippen LogP contribution is 2.22. The van der Waals surface area contributed by atoms with Crippen LogP contribution in [0.5, 0.6) is 0 Å². The van der Waals surface area contributed by atoms with E-state index in [1.54, 1.807) is 145 Å². The molecule has 2 rings (SSSR count). The molecule has 0 spiro atoms. The van der Waals surface area contributed by atoms with Crippen molar-refractivity contribution in [2.75, 3.05) is 73.6 Å². The molecule has 0 fully saturated rings. The lowest BCUT2D eigenvalue weighted by atomic mass is 10.2. The average molecular weight is 845 g/mol. The molecule has 16 heteroatoms. The average Bonchev–Trinajstić information content (AvgIpc) is 3.05. The zero-order valence-corrected chi connectivity index (χ0v) is 38.5. The molecule has 0 aromatic heterocycles. The Labute approximate surface area is 357 Å². The quantitative estimate of drug-likeness (QED) is 0.0879. The number of nitrogens with zero attached hydrogens (tertiary/aromatic N) is 4. The summed E-state index contributed by atoms with van der Waals surface area (Å²) in [5.41, 5.74) is 11.2. The van der Waals surface area contributed by atoms with Crippen LogP contribution in [0.2, 0.25) is 0 Å². The third-order valence-electron chi connectivity index (χ3n) is 8.05. The van der Waals surface area contributed by atoms with Crippen molar-refractivity contribution in [1.82, 2.24) is 9.80 Å². The molecule has 2 aromatic rings. The number of nitrogens with two attached hydrogens (primary N) is 2. The largest absolute Gasteiger partial charge is 0.509 e. The van der Waals surface area contributed by atoms with Gasteiger partial charge in [0.05, 0.1) is 0 Å². The summed E-state index contributed by atoms with van der Waals surface area (Å²) in [5.74, 6) is 0. The number of rotatable bonds is 17. The minimum atomic E-state index is -0.799. The predicted molar refractivity (Wildman–Crippen MR) is 235 cm³/mol. The Morgan fingerprint density at radius 3 is 1.00 bits per heavy atom. The van der Waals surface area contributed by atoms with Crippen LogP contribution in [-0.4, -0.2) is 121 Å². The van der Waals surface area contributed by atoms with E-state index in [4.69, 9.17) is 39.9 Å². The number of nitrogen functional groups attached to an aromatic ring is 2. The number of anilines is 4. The fourth-order valence-electron chi connectivity index (χ4n) is 5.63. The van der Waals surface area contributed by atoms with Crippen molar-refractivity contribution < 1.29 is 47.6 Å². The SMILES string of the molecule is CC(CN(CCN(CCN(C(=O)OC(C)(C)C)c1ccc(N)cc1)CC(C)OC(=O)OC(C)(C)C)CCN(C(=O)OC(C)(C)C)c1ccc(N)cc1)OC(=O)OC(C)(C)C. The molecule has 2 atom stereocenters. The van der Waals surface area contributed by atoms with Crippen LogP contribution >= 0.6 is 0 Å². The van der Waals surface area contributed by atoms with Gasteiger partial charge >= 0.3 is 24.5 Å². The summed E-state index contributed by atoms with van der Waals surface area (Å²) in [7, 11) is 0. The Morgan fingerprint density at radius 1 is 0.467 bits per heavy atom. The molecule has 2 amide bonds. The Bertz CT molecular complexity index is 1540. The number of benzene rings is 2.